The predicted octanol–water partition coefficient (Wildman–Crippen LogP) is 4.24. The van der Waals surface area contributed by atoms with Gasteiger partial charge >= 0.3 is 117 Å². The molecule has 100 valence electrons. The van der Waals surface area contributed by atoms with Crippen LogP contribution in [-0.4, -0.2) is 47.1 Å². The molecule has 0 aliphatic carbocycles. The van der Waals surface area contributed by atoms with E-state index in [1.54, 1.807) is 18.5 Å². The van der Waals surface area contributed by atoms with Crippen molar-refractivity contribution >= 4 is 26.2 Å². The molecule has 16 heavy (non-hydrogen) atoms. The molecule has 0 fully saturated rings. The number of hydrogen-bond donors (Lipinski definition) is 0. The molecule has 0 aromatic heterocycles. The van der Waals surface area contributed by atoms with E-state index in [1.165, 1.54) is 44.9 Å². The van der Waals surface area contributed by atoms with E-state index < -0.39 is 4.26 Å². The second-order valence-corrected chi connectivity index (χ2v) is 37.9. The summed E-state index contributed by atoms with van der Waals surface area (Å²) in [7, 11) is 0. The van der Waals surface area contributed by atoms with Crippen LogP contribution in [-0.2, 0) is 0 Å². The zero-order valence-corrected chi connectivity index (χ0v) is 19.1. The van der Waals surface area contributed by atoms with E-state index in [-0.39, 0.29) is 0 Å². The van der Waals surface area contributed by atoms with Crippen molar-refractivity contribution in [2.45, 2.75) is 65.7 Å². The molecule has 0 spiro atoms. The van der Waals surface area contributed by atoms with E-state index in [0.717, 1.165) is 22.0 Å². The van der Waals surface area contributed by atoms with Gasteiger partial charge in [0.1, 0.15) is 0 Å². The number of rotatable bonds is 10. The molecule has 0 nitrogen and oxygen atoms in total. The monoisotopic (exact) mass is 354 g/mol. The van der Waals surface area contributed by atoms with Gasteiger partial charge in [-0.25, -0.2) is 0 Å². The van der Waals surface area contributed by atoms with Crippen molar-refractivity contribution in [2.75, 3.05) is 25.2 Å². The van der Waals surface area contributed by atoms with Crippen molar-refractivity contribution in [1.29, 1.82) is 0 Å². The third-order valence-electron chi connectivity index (χ3n) is 4.08. The first-order chi connectivity index (χ1) is 7.46. The van der Waals surface area contributed by atoms with Gasteiger partial charge in [0.25, 0.3) is 0 Å². The summed E-state index contributed by atoms with van der Waals surface area (Å²) < 4.78 is -1.09. The first-order valence-corrected chi connectivity index (χ1v) is 18.8. The molecule has 0 heterocycles. The van der Waals surface area contributed by atoms with Crippen LogP contribution in [0.3, 0.4) is 0 Å². The Bertz CT molecular complexity index is 166. The van der Waals surface area contributed by atoms with Crippen LogP contribution >= 0.6 is 4.26 Å². The molecule has 0 radical (unpaired) electrons. The Balaban J connectivity index is 4.31. The van der Waals surface area contributed by atoms with Crippen molar-refractivity contribution < 1.29 is 0 Å². The van der Waals surface area contributed by atoms with Crippen molar-refractivity contribution in [3.05, 3.63) is 0 Å². The van der Waals surface area contributed by atoms with Crippen LogP contribution < -0.4 is 0 Å². The molecule has 0 rings (SSSR count). The first-order valence-electron chi connectivity index (χ1n) is 7.46. The molecule has 0 unspecified atom stereocenters. The Morgan fingerprint density at radius 1 is 0.688 bits per heavy atom. The van der Waals surface area contributed by atoms with Crippen molar-refractivity contribution in [3.63, 3.8) is 0 Å². The van der Waals surface area contributed by atoms with Crippen LogP contribution in [0.5, 0.6) is 0 Å². The maximum atomic E-state index is 2.77. The van der Waals surface area contributed by atoms with Gasteiger partial charge in [0.15, 0.2) is 0 Å². The van der Waals surface area contributed by atoms with Gasteiger partial charge in [0.2, 0.25) is 0 Å². The zero-order chi connectivity index (χ0) is 12.5. The van der Waals surface area contributed by atoms with Gasteiger partial charge in [0, 0.05) is 0 Å². The van der Waals surface area contributed by atoms with Crippen LogP contribution in [0.4, 0.5) is 0 Å². The fourth-order valence-electron chi connectivity index (χ4n) is 2.63. The molecule has 0 amide bonds. The molecule has 0 aliphatic heterocycles. The second-order valence-electron chi connectivity index (χ2n) is 6.60. The minimum absolute atomic E-state index is 0.904. The van der Waals surface area contributed by atoms with Gasteiger partial charge in [-0.2, -0.15) is 0 Å². The van der Waals surface area contributed by atoms with Crippen LogP contribution in [0.15, 0.2) is 0 Å². The van der Waals surface area contributed by atoms with Gasteiger partial charge in [-0.15, -0.1) is 0 Å². The Morgan fingerprint density at radius 2 is 1.06 bits per heavy atom. The summed E-state index contributed by atoms with van der Waals surface area (Å²) >= 11 is 0.904. The van der Waals surface area contributed by atoms with E-state index >= 15 is 0 Å². The van der Waals surface area contributed by atoms with E-state index in [0.29, 0.717) is 0 Å². The molecule has 0 saturated heterocycles. The Morgan fingerprint density at radius 3 is 1.44 bits per heavy atom. The second kappa shape index (κ2) is 8.35. The zero-order valence-electron chi connectivity index (χ0n) is 12.5. The molecule has 0 N–H and O–H groups in total. The van der Waals surface area contributed by atoms with E-state index in [2.05, 4.69) is 27.4 Å². The first kappa shape index (κ1) is 17.2. The van der Waals surface area contributed by atoms with Crippen LogP contribution in [0.25, 0.3) is 0 Å². The average molecular weight is 353 g/mol. The van der Waals surface area contributed by atoms with Crippen LogP contribution in [0.1, 0.15) is 65.7 Å². The quantitative estimate of drug-likeness (QED) is 0.313. The van der Waals surface area contributed by atoms with Gasteiger partial charge in [-0.05, 0) is 0 Å². The standard InChI is InChI=1S/C14H32P.Sn.3H/c1-5-8-11-14-15(4,12-9-6-2)13-10-7-3;;;;/h5-14H2,1-4H3;;;;/q+1;-1;;;. The van der Waals surface area contributed by atoms with E-state index in [1.807, 2.05) is 0 Å². The summed E-state index contributed by atoms with van der Waals surface area (Å²) in [6.45, 7) is 9.82. The molecule has 0 atom stereocenters. The summed E-state index contributed by atoms with van der Waals surface area (Å²) in [5, 5.41) is 0. The van der Waals surface area contributed by atoms with Crippen LogP contribution in [0.2, 0.25) is 0 Å². The Hall–Kier alpha value is 1.23. The van der Waals surface area contributed by atoms with Crippen molar-refractivity contribution in [3.8, 4) is 0 Å². The Labute approximate surface area is 117 Å². The fourth-order valence-corrected chi connectivity index (χ4v) is 15.5. The fraction of sp³-hybridized carbons (Fsp3) is 1.00. The maximum absolute atomic E-state index is 2.77. The third-order valence-corrected chi connectivity index (χ3v) is 21.1. The molecule has 0 aliphatic rings. The molecule has 0 aromatic rings. The summed E-state index contributed by atoms with van der Waals surface area (Å²) in [5.74, 6) is 0. The van der Waals surface area contributed by atoms with Gasteiger partial charge in [-0.3, -0.25) is 0 Å². The van der Waals surface area contributed by atoms with Gasteiger partial charge in [0.05, 0.1) is 0 Å². The molecule has 0 bridgehead atoms. The molecule has 2 heteroatoms. The van der Waals surface area contributed by atoms with Crippen LogP contribution in [0, 0.1) is 0 Å². The molecular weight excluding hydrogens is 318 g/mol. The molecule has 0 aromatic carbocycles. The number of unbranched alkanes of at least 4 members (excludes halogenated alkanes) is 4. The normalized spacial score (nSPS) is 14.9. The summed E-state index contributed by atoms with van der Waals surface area (Å²) in [5.41, 5.74) is 0. The summed E-state index contributed by atoms with van der Waals surface area (Å²) in [6.07, 6.45) is 15.2. The van der Waals surface area contributed by atoms with Gasteiger partial charge in [-0.1, -0.05) is 0 Å². The predicted molar refractivity (Wildman–Crippen MR) is 86.7 cm³/mol. The third kappa shape index (κ3) is 7.53. The van der Waals surface area contributed by atoms with Gasteiger partial charge < -0.3 is 0 Å². The van der Waals surface area contributed by atoms with E-state index in [9.17, 15) is 0 Å². The summed E-state index contributed by atoms with van der Waals surface area (Å²) in [6, 6.07) is 0. The van der Waals surface area contributed by atoms with Crippen molar-refractivity contribution in [2.24, 2.45) is 0 Å². The topological polar surface area (TPSA) is 0 Å². The Kier molecular flexibility index (Phi) is 8.99. The number of hydrogen-bond acceptors (Lipinski definition) is 0. The minimum atomic E-state index is -1.09. The van der Waals surface area contributed by atoms with Crippen molar-refractivity contribution in [1.82, 2.24) is 0 Å². The molecule has 0 saturated carbocycles. The molecular formula is C14H35PSn. The SMILES string of the molecule is CCCCC[P](C)([SnH3])(CCCC)CCCC. The summed E-state index contributed by atoms with van der Waals surface area (Å²) in [4.78, 5) is 0. The van der Waals surface area contributed by atoms with E-state index in [4.69, 9.17) is 0 Å². The average Bonchev–Trinajstić information content (AvgIpc) is 2.25.